The lowest BCUT2D eigenvalue weighted by molar-refractivity contribution is 0.580. The second-order valence-corrected chi connectivity index (χ2v) is 5.03. The highest BCUT2D eigenvalue weighted by molar-refractivity contribution is 6.31. The average molecular weight is 283 g/mol. The Morgan fingerprint density at radius 1 is 1.42 bits per heavy atom. The number of hydrogen-bond acceptors (Lipinski definition) is 3. The molecule has 0 fully saturated rings. The minimum absolute atomic E-state index is 0.139. The first kappa shape index (κ1) is 14.0. The Labute approximate surface area is 116 Å². The Bertz CT molecular complexity index is 553. The number of halogens is 2. The molecule has 1 aromatic carbocycles. The summed E-state index contributed by atoms with van der Waals surface area (Å²) in [7, 11) is 0. The summed E-state index contributed by atoms with van der Waals surface area (Å²) in [5.74, 6) is -0.416. The summed E-state index contributed by atoms with van der Waals surface area (Å²) in [6, 6.07) is 5.14. The molecule has 1 aromatic heterocycles. The summed E-state index contributed by atoms with van der Waals surface area (Å²) in [4.78, 5) is 0. The molecule has 1 heterocycles. The van der Waals surface area contributed by atoms with Crippen LogP contribution in [0.1, 0.15) is 25.1 Å². The Balaban J connectivity index is 2.05. The molecule has 0 aliphatic heterocycles. The lowest BCUT2D eigenvalue weighted by Crippen LogP contribution is -2.21. The second-order valence-electron chi connectivity index (χ2n) is 4.66. The SMILES string of the molecule is CC(C)NCc1cn(Cc2cccc(F)c2Cl)nn1. The van der Waals surface area contributed by atoms with E-state index in [1.54, 1.807) is 16.8 Å². The molecule has 1 N–H and O–H groups in total. The van der Waals surface area contributed by atoms with Crippen LogP contribution < -0.4 is 5.32 Å². The lowest BCUT2D eigenvalue weighted by Gasteiger charge is -2.05. The van der Waals surface area contributed by atoms with Crippen LogP contribution >= 0.6 is 11.6 Å². The van der Waals surface area contributed by atoms with Gasteiger partial charge in [0.15, 0.2) is 0 Å². The molecule has 2 aromatic rings. The van der Waals surface area contributed by atoms with Crippen molar-refractivity contribution in [1.82, 2.24) is 20.3 Å². The highest BCUT2D eigenvalue weighted by Gasteiger charge is 2.08. The van der Waals surface area contributed by atoms with Gasteiger partial charge in [0.1, 0.15) is 5.82 Å². The van der Waals surface area contributed by atoms with Gasteiger partial charge in [-0.25, -0.2) is 9.07 Å². The van der Waals surface area contributed by atoms with Gasteiger partial charge in [0.2, 0.25) is 0 Å². The van der Waals surface area contributed by atoms with Gasteiger partial charge >= 0.3 is 0 Å². The summed E-state index contributed by atoms with van der Waals surface area (Å²) < 4.78 is 15.0. The van der Waals surface area contributed by atoms with Gasteiger partial charge < -0.3 is 5.32 Å². The molecular weight excluding hydrogens is 267 g/mol. The summed E-state index contributed by atoms with van der Waals surface area (Å²) in [5.41, 5.74) is 1.54. The fraction of sp³-hybridized carbons (Fsp3) is 0.385. The van der Waals surface area contributed by atoms with E-state index in [0.29, 0.717) is 24.7 Å². The van der Waals surface area contributed by atoms with Crippen LogP contribution in [0.4, 0.5) is 4.39 Å². The van der Waals surface area contributed by atoms with Crippen LogP contribution in [0, 0.1) is 5.82 Å². The highest BCUT2D eigenvalue weighted by Crippen LogP contribution is 2.20. The van der Waals surface area contributed by atoms with Gasteiger partial charge in [-0.1, -0.05) is 42.8 Å². The van der Waals surface area contributed by atoms with Gasteiger partial charge in [0, 0.05) is 12.6 Å². The largest absolute Gasteiger partial charge is 0.309 e. The number of nitrogens with one attached hydrogen (secondary N) is 1. The van der Waals surface area contributed by atoms with Crippen LogP contribution in [-0.4, -0.2) is 21.0 Å². The van der Waals surface area contributed by atoms with E-state index in [-0.39, 0.29) is 5.02 Å². The quantitative estimate of drug-likeness (QED) is 0.917. The number of benzene rings is 1. The van der Waals surface area contributed by atoms with Crippen molar-refractivity contribution in [2.75, 3.05) is 0 Å². The van der Waals surface area contributed by atoms with Crippen molar-refractivity contribution in [2.45, 2.75) is 33.0 Å². The van der Waals surface area contributed by atoms with E-state index >= 15 is 0 Å². The second kappa shape index (κ2) is 6.12. The minimum atomic E-state index is -0.416. The molecule has 19 heavy (non-hydrogen) atoms. The topological polar surface area (TPSA) is 42.7 Å². The Kier molecular flexibility index (Phi) is 4.50. The number of hydrogen-bond donors (Lipinski definition) is 1. The van der Waals surface area contributed by atoms with Crippen LogP contribution in [0.25, 0.3) is 0 Å². The summed E-state index contributed by atoms with van der Waals surface area (Å²) in [5, 5.41) is 11.5. The van der Waals surface area contributed by atoms with E-state index in [0.717, 1.165) is 5.69 Å². The summed E-state index contributed by atoms with van der Waals surface area (Å²) >= 11 is 5.90. The number of rotatable bonds is 5. The molecule has 0 atom stereocenters. The van der Waals surface area contributed by atoms with Crippen molar-refractivity contribution < 1.29 is 4.39 Å². The maximum absolute atomic E-state index is 13.3. The molecular formula is C13H16ClFN4. The van der Waals surface area contributed by atoms with Gasteiger partial charge in [-0.15, -0.1) is 5.10 Å². The maximum Gasteiger partial charge on any atom is 0.142 e. The molecule has 0 aliphatic rings. The van der Waals surface area contributed by atoms with E-state index in [9.17, 15) is 4.39 Å². The fourth-order valence-corrected chi connectivity index (χ4v) is 1.84. The smallest absolute Gasteiger partial charge is 0.142 e. The van der Waals surface area contributed by atoms with Crippen LogP contribution in [0.5, 0.6) is 0 Å². The molecule has 2 rings (SSSR count). The fourth-order valence-electron chi connectivity index (χ4n) is 1.65. The van der Waals surface area contributed by atoms with E-state index in [4.69, 9.17) is 11.6 Å². The predicted octanol–water partition coefficient (Wildman–Crippen LogP) is 2.62. The Morgan fingerprint density at radius 2 is 2.21 bits per heavy atom. The van der Waals surface area contributed by atoms with Crippen molar-refractivity contribution in [3.63, 3.8) is 0 Å². The monoisotopic (exact) mass is 282 g/mol. The van der Waals surface area contributed by atoms with Gasteiger partial charge in [0.05, 0.1) is 23.5 Å². The van der Waals surface area contributed by atoms with Crippen molar-refractivity contribution in [3.8, 4) is 0 Å². The highest BCUT2D eigenvalue weighted by atomic mass is 35.5. The van der Waals surface area contributed by atoms with Crippen LogP contribution in [0.2, 0.25) is 5.02 Å². The average Bonchev–Trinajstić information content (AvgIpc) is 2.80. The van der Waals surface area contributed by atoms with E-state index in [2.05, 4.69) is 29.5 Å². The molecule has 0 saturated carbocycles. The van der Waals surface area contributed by atoms with Crippen LogP contribution in [-0.2, 0) is 13.1 Å². The Morgan fingerprint density at radius 3 is 2.95 bits per heavy atom. The van der Waals surface area contributed by atoms with Crippen molar-refractivity contribution in [2.24, 2.45) is 0 Å². The van der Waals surface area contributed by atoms with Gasteiger partial charge in [-0.05, 0) is 11.6 Å². The lowest BCUT2D eigenvalue weighted by atomic mass is 10.2. The molecule has 0 bridgehead atoms. The van der Waals surface area contributed by atoms with Gasteiger partial charge in [0.25, 0.3) is 0 Å². The maximum atomic E-state index is 13.3. The van der Waals surface area contributed by atoms with E-state index in [1.165, 1.54) is 6.07 Å². The summed E-state index contributed by atoms with van der Waals surface area (Å²) in [6.45, 7) is 5.20. The van der Waals surface area contributed by atoms with Gasteiger partial charge in [-0.3, -0.25) is 0 Å². The molecule has 0 radical (unpaired) electrons. The first-order chi connectivity index (χ1) is 9.06. The minimum Gasteiger partial charge on any atom is -0.309 e. The van der Waals surface area contributed by atoms with Crippen molar-refractivity contribution in [3.05, 3.63) is 46.5 Å². The summed E-state index contributed by atoms with van der Waals surface area (Å²) in [6.07, 6.45) is 1.83. The molecule has 4 nitrogen and oxygen atoms in total. The predicted molar refractivity (Wildman–Crippen MR) is 72.5 cm³/mol. The Hall–Kier alpha value is -1.46. The third-order valence-electron chi connectivity index (χ3n) is 2.64. The van der Waals surface area contributed by atoms with Crippen molar-refractivity contribution >= 4 is 11.6 Å². The first-order valence-electron chi connectivity index (χ1n) is 6.11. The zero-order chi connectivity index (χ0) is 13.8. The van der Waals surface area contributed by atoms with Crippen molar-refractivity contribution in [1.29, 1.82) is 0 Å². The molecule has 0 aliphatic carbocycles. The normalized spacial score (nSPS) is 11.2. The molecule has 0 unspecified atom stereocenters. The standard InChI is InChI=1S/C13H16ClFN4/c1-9(2)16-6-11-8-19(18-17-11)7-10-4-3-5-12(15)13(10)14/h3-5,8-9,16H,6-7H2,1-2H3. The van der Waals surface area contributed by atoms with Crippen LogP contribution in [0.15, 0.2) is 24.4 Å². The third-order valence-corrected chi connectivity index (χ3v) is 3.06. The zero-order valence-electron chi connectivity index (χ0n) is 10.9. The number of aromatic nitrogens is 3. The molecule has 0 spiro atoms. The van der Waals surface area contributed by atoms with Crippen LogP contribution in [0.3, 0.4) is 0 Å². The van der Waals surface area contributed by atoms with E-state index < -0.39 is 5.82 Å². The molecule has 0 saturated heterocycles. The molecule has 0 amide bonds. The van der Waals surface area contributed by atoms with Gasteiger partial charge in [-0.2, -0.15) is 0 Å². The third kappa shape index (κ3) is 3.75. The molecule has 6 heteroatoms. The number of nitrogens with zero attached hydrogens (tertiary/aromatic N) is 3. The van der Waals surface area contributed by atoms with E-state index in [1.807, 2.05) is 6.20 Å². The zero-order valence-corrected chi connectivity index (χ0v) is 11.7. The molecule has 102 valence electrons. The first-order valence-corrected chi connectivity index (χ1v) is 6.49.